The highest BCUT2D eigenvalue weighted by Crippen LogP contribution is 2.52. The van der Waals surface area contributed by atoms with E-state index >= 15 is 0 Å². The van der Waals surface area contributed by atoms with Crippen molar-refractivity contribution in [3.05, 3.63) is 82.3 Å². The molecule has 3 aromatic rings. The lowest BCUT2D eigenvalue weighted by atomic mass is 10.0. The van der Waals surface area contributed by atoms with Crippen molar-refractivity contribution >= 4 is 38.7 Å². The molecule has 3 aliphatic rings. The lowest BCUT2D eigenvalue weighted by molar-refractivity contribution is 0.542. The highest BCUT2D eigenvalue weighted by molar-refractivity contribution is 9.10. The van der Waals surface area contributed by atoms with E-state index in [4.69, 9.17) is 0 Å². The van der Waals surface area contributed by atoms with Crippen molar-refractivity contribution in [3.63, 3.8) is 0 Å². The van der Waals surface area contributed by atoms with Crippen LogP contribution in [0, 0.1) is 0 Å². The third kappa shape index (κ3) is 1.75. The second-order valence-corrected chi connectivity index (χ2v) is 7.78. The summed E-state index contributed by atoms with van der Waals surface area (Å²) in [6.07, 6.45) is 0.217. The minimum Gasteiger partial charge on any atom is -0.328 e. The van der Waals surface area contributed by atoms with E-state index in [0.29, 0.717) is 0 Å². The Labute approximate surface area is 155 Å². The van der Waals surface area contributed by atoms with Gasteiger partial charge in [-0.1, -0.05) is 52.3 Å². The summed E-state index contributed by atoms with van der Waals surface area (Å²) in [7, 11) is 0. The summed E-state index contributed by atoms with van der Waals surface area (Å²) in [6, 6.07) is 24.2. The highest BCUT2D eigenvalue weighted by Gasteiger charge is 2.46. The quantitative estimate of drug-likeness (QED) is 0.521. The number of nitrogens with zero attached hydrogens (tertiary/aromatic N) is 3. The highest BCUT2D eigenvalue weighted by atomic mass is 79.9. The first kappa shape index (κ1) is 13.8. The average molecular weight is 390 g/mol. The third-order valence-corrected chi connectivity index (χ3v) is 6.02. The zero-order valence-corrected chi connectivity index (χ0v) is 15.1. The van der Waals surface area contributed by atoms with E-state index in [0.717, 1.165) is 17.6 Å². The van der Waals surface area contributed by atoms with Crippen LogP contribution in [0.15, 0.2) is 71.2 Å². The Hall–Kier alpha value is -2.46. The van der Waals surface area contributed by atoms with E-state index in [2.05, 4.69) is 97.4 Å². The molecule has 0 N–H and O–H groups in total. The molecule has 0 radical (unpaired) electrons. The van der Waals surface area contributed by atoms with Gasteiger partial charge in [0.1, 0.15) is 0 Å². The normalized spacial score (nSPS) is 19.2. The van der Waals surface area contributed by atoms with Crippen molar-refractivity contribution < 1.29 is 0 Å². The fourth-order valence-electron chi connectivity index (χ4n) is 4.50. The molecule has 25 heavy (non-hydrogen) atoms. The first-order chi connectivity index (χ1) is 12.3. The number of fused-ring (bicyclic) bond motifs is 7. The van der Waals surface area contributed by atoms with Gasteiger partial charge in [-0.05, 0) is 41.5 Å². The number of rotatable bonds is 0. The van der Waals surface area contributed by atoms with Crippen LogP contribution in [0.2, 0.25) is 0 Å². The van der Waals surface area contributed by atoms with Gasteiger partial charge in [0, 0.05) is 28.9 Å². The van der Waals surface area contributed by atoms with Gasteiger partial charge in [-0.2, -0.15) is 0 Å². The van der Waals surface area contributed by atoms with Crippen molar-refractivity contribution in [2.24, 2.45) is 0 Å². The molecule has 0 fully saturated rings. The standard InChI is InChI=1S/C21H16BrN3/c22-16-9-10-19-20(11-16)24-13-15-6-2-4-8-18(15)25-17-7-3-1-5-14(17)12-23(19)21(24)25/h1-11,21H,12-13H2. The summed E-state index contributed by atoms with van der Waals surface area (Å²) in [6.45, 7) is 1.89. The van der Waals surface area contributed by atoms with Crippen LogP contribution in [0.1, 0.15) is 11.1 Å². The zero-order valence-electron chi connectivity index (χ0n) is 13.6. The minimum absolute atomic E-state index is 0.217. The van der Waals surface area contributed by atoms with Gasteiger partial charge in [0.15, 0.2) is 6.29 Å². The van der Waals surface area contributed by atoms with Gasteiger partial charge in [-0.25, -0.2) is 0 Å². The largest absolute Gasteiger partial charge is 0.328 e. The van der Waals surface area contributed by atoms with Gasteiger partial charge in [0.05, 0.1) is 11.4 Å². The van der Waals surface area contributed by atoms with Gasteiger partial charge in [0.2, 0.25) is 0 Å². The average Bonchev–Trinajstić information content (AvgIpc) is 2.95. The third-order valence-electron chi connectivity index (χ3n) is 5.53. The van der Waals surface area contributed by atoms with Gasteiger partial charge in [-0.3, -0.25) is 0 Å². The van der Waals surface area contributed by atoms with Crippen LogP contribution in [0.25, 0.3) is 0 Å². The fourth-order valence-corrected chi connectivity index (χ4v) is 4.85. The molecular weight excluding hydrogens is 374 g/mol. The predicted octanol–water partition coefficient (Wildman–Crippen LogP) is 5.22. The Bertz CT molecular complexity index is 1020. The Morgan fingerprint density at radius 3 is 1.96 bits per heavy atom. The zero-order chi connectivity index (χ0) is 16.5. The Balaban J connectivity index is 1.66. The van der Waals surface area contributed by atoms with Crippen molar-refractivity contribution in [1.29, 1.82) is 0 Å². The molecule has 1 unspecified atom stereocenters. The van der Waals surface area contributed by atoms with Crippen molar-refractivity contribution in [1.82, 2.24) is 0 Å². The molecule has 3 nitrogen and oxygen atoms in total. The minimum atomic E-state index is 0.217. The van der Waals surface area contributed by atoms with Crippen molar-refractivity contribution in [2.45, 2.75) is 19.4 Å². The topological polar surface area (TPSA) is 9.72 Å². The van der Waals surface area contributed by atoms with Crippen molar-refractivity contribution in [2.75, 3.05) is 14.7 Å². The molecule has 0 aliphatic carbocycles. The van der Waals surface area contributed by atoms with Crippen LogP contribution < -0.4 is 14.7 Å². The number of halogens is 1. The van der Waals surface area contributed by atoms with E-state index in [9.17, 15) is 0 Å². The van der Waals surface area contributed by atoms with Crippen molar-refractivity contribution in [3.8, 4) is 0 Å². The molecule has 0 saturated carbocycles. The number of hydrogen-bond donors (Lipinski definition) is 0. The number of para-hydroxylation sites is 2. The van der Waals surface area contributed by atoms with Crippen LogP contribution in [-0.4, -0.2) is 6.29 Å². The molecule has 0 aromatic heterocycles. The Kier molecular flexibility index (Phi) is 2.64. The predicted molar refractivity (Wildman–Crippen MR) is 105 cm³/mol. The molecule has 3 aliphatic heterocycles. The second-order valence-electron chi connectivity index (χ2n) is 6.86. The van der Waals surface area contributed by atoms with Crippen LogP contribution >= 0.6 is 15.9 Å². The maximum atomic E-state index is 3.66. The Morgan fingerprint density at radius 2 is 1.28 bits per heavy atom. The lowest BCUT2D eigenvalue weighted by Gasteiger charge is -2.50. The molecule has 0 amide bonds. The van der Waals surface area contributed by atoms with Gasteiger partial charge >= 0.3 is 0 Å². The van der Waals surface area contributed by atoms with Gasteiger partial charge in [0.25, 0.3) is 0 Å². The van der Waals surface area contributed by atoms with Crippen LogP contribution in [0.3, 0.4) is 0 Å². The molecule has 4 heteroatoms. The maximum Gasteiger partial charge on any atom is 0.186 e. The van der Waals surface area contributed by atoms with E-state index in [1.54, 1.807) is 0 Å². The van der Waals surface area contributed by atoms with Crippen LogP contribution in [0.4, 0.5) is 22.7 Å². The van der Waals surface area contributed by atoms with E-state index in [1.807, 2.05) is 0 Å². The summed E-state index contributed by atoms with van der Waals surface area (Å²) in [5, 5.41) is 0. The molecule has 1 atom stereocenters. The molecule has 3 aromatic carbocycles. The van der Waals surface area contributed by atoms with Gasteiger partial charge < -0.3 is 14.7 Å². The summed E-state index contributed by atoms with van der Waals surface area (Å²) in [4.78, 5) is 7.56. The number of hydrogen-bond acceptors (Lipinski definition) is 3. The Morgan fingerprint density at radius 1 is 0.680 bits per heavy atom. The van der Waals surface area contributed by atoms with E-state index < -0.39 is 0 Å². The van der Waals surface area contributed by atoms with Crippen LogP contribution in [-0.2, 0) is 13.1 Å². The molecule has 3 heterocycles. The summed E-state index contributed by atoms with van der Waals surface area (Å²) >= 11 is 3.66. The number of anilines is 4. The van der Waals surface area contributed by atoms with E-state index in [1.165, 1.54) is 33.9 Å². The van der Waals surface area contributed by atoms with Gasteiger partial charge in [-0.15, -0.1) is 0 Å². The molecule has 0 bridgehead atoms. The lowest BCUT2D eigenvalue weighted by Crippen LogP contribution is -2.58. The summed E-state index contributed by atoms with van der Waals surface area (Å²) < 4.78 is 1.13. The van der Waals surface area contributed by atoms with E-state index in [-0.39, 0.29) is 6.29 Å². The molecule has 0 spiro atoms. The monoisotopic (exact) mass is 389 g/mol. The smallest absolute Gasteiger partial charge is 0.186 e. The molecule has 0 saturated heterocycles. The van der Waals surface area contributed by atoms with Crippen LogP contribution in [0.5, 0.6) is 0 Å². The number of benzene rings is 3. The summed E-state index contributed by atoms with van der Waals surface area (Å²) in [5.41, 5.74) is 8.04. The summed E-state index contributed by atoms with van der Waals surface area (Å²) in [5.74, 6) is 0. The molecular formula is C21H16BrN3. The second kappa shape index (κ2) is 4.79. The SMILES string of the molecule is Brc1ccc2c(c1)N1Cc3ccccc3N3c4ccccc4CN2C13. The first-order valence-electron chi connectivity index (χ1n) is 8.59. The fraction of sp³-hybridized carbons (Fsp3) is 0.143. The first-order valence-corrected chi connectivity index (χ1v) is 9.38. The molecule has 122 valence electrons. The maximum absolute atomic E-state index is 3.66. The molecule has 6 rings (SSSR count).